The molecular formula is C22H41BrO. The van der Waals surface area contributed by atoms with Crippen molar-refractivity contribution in [1.29, 1.82) is 0 Å². The Labute approximate surface area is 160 Å². The highest BCUT2D eigenvalue weighted by Gasteiger charge is 1.96. The van der Waals surface area contributed by atoms with Gasteiger partial charge in [0.05, 0.1) is 0 Å². The van der Waals surface area contributed by atoms with Gasteiger partial charge in [-0.25, -0.2) is 0 Å². The largest absolute Gasteiger partial charge is 0.287 e. The van der Waals surface area contributed by atoms with Crippen LogP contribution < -0.4 is 0 Å². The summed E-state index contributed by atoms with van der Waals surface area (Å²) in [4.78, 5) is 10.7. The molecule has 0 amide bonds. The average Bonchev–Trinajstić information content (AvgIpc) is 2.56. The standard InChI is InChI=1S/C22H41BrO/c1-2-3-4-5-6-7-8-9-10-11-12-13-14-15-16-17-18-19-20-21-22(23)24/h9-10H,2-8,11-21H2,1H3/b10-9-. The van der Waals surface area contributed by atoms with Crippen molar-refractivity contribution in [3.63, 3.8) is 0 Å². The maximum absolute atomic E-state index is 10.7. The molecule has 0 aliphatic carbocycles. The molecule has 0 saturated carbocycles. The summed E-state index contributed by atoms with van der Waals surface area (Å²) < 4.78 is 0.156. The Balaban J connectivity index is 3.06. The first-order valence-corrected chi connectivity index (χ1v) is 11.4. The van der Waals surface area contributed by atoms with Gasteiger partial charge in [0.1, 0.15) is 0 Å². The van der Waals surface area contributed by atoms with E-state index in [1.807, 2.05) is 0 Å². The summed E-state index contributed by atoms with van der Waals surface area (Å²) in [5.41, 5.74) is 0. The van der Waals surface area contributed by atoms with Crippen LogP contribution in [0.5, 0.6) is 0 Å². The SMILES string of the molecule is CCCCCCCC/C=C\CCCCCCCCCCCC(=O)Br. The zero-order chi connectivity index (χ0) is 17.7. The molecule has 1 nitrogen and oxygen atoms in total. The lowest BCUT2D eigenvalue weighted by Gasteiger charge is -2.01. The molecule has 0 saturated heterocycles. The molecule has 0 unspecified atom stereocenters. The van der Waals surface area contributed by atoms with Crippen molar-refractivity contribution >= 4 is 20.6 Å². The number of carbonyl (C=O) groups is 1. The quantitative estimate of drug-likeness (QED) is 0.120. The minimum absolute atomic E-state index is 0.156. The first-order valence-electron chi connectivity index (χ1n) is 10.6. The third kappa shape index (κ3) is 21.9. The molecule has 0 aromatic rings. The summed E-state index contributed by atoms with van der Waals surface area (Å²) in [5, 5.41) is 0. The maximum atomic E-state index is 10.7. The van der Waals surface area contributed by atoms with Crippen LogP contribution in [0.4, 0.5) is 0 Å². The molecule has 0 rings (SSSR count). The Morgan fingerprint density at radius 1 is 0.625 bits per heavy atom. The Kier molecular flexibility index (Phi) is 20.8. The van der Waals surface area contributed by atoms with Crippen molar-refractivity contribution in [2.75, 3.05) is 0 Å². The van der Waals surface area contributed by atoms with Gasteiger partial charge < -0.3 is 0 Å². The highest BCUT2D eigenvalue weighted by Crippen LogP contribution is 2.12. The van der Waals surface area contributed by atoms with E-state index >= 15 is 0 Å². The molecule has 0 atom stereocenters. The second kappa shape index (κ2) is 20.9. The predicted octanol–water partition coefficient (Wildman–Crippen LogP) is 8.51. The second-order valence-corrected chi connectivity index (χ2v) is 7.99. The lowest BCUT2D eigenvalue weighted by atomic mass is 10.1. The van der Waals surface area contributed by atoms with Crippen LogP contribution in [-0.4, -0.2) is 4.69 Å². The fourth-order valence-corrected chi connectivity index (χ4v) is 3.32. The van der Waals surface area contributed by atoms with Gasteiger partial charge in [0.25, 0.3) is 0 Å². The zero-order valence-corrected chi connectivity index (χ0v) is 17.8. The highest BCUT2D eigenvalue weighted by molar-refractivity contribution is 9.18. The van der Waals surface area contributed by atoms with E-state index in [2.05, 4.69) is 35.0 Å². The van der Waals surface area contributed by atoms with Gasteiger partial charge in [-0.15, -0.1) is 0 Å². The molecule has 24 heavy (non-hydrogen) atoms. The predicted molar refractivity (Wildman–Crippen MR) is 112 cm³/mol. The van der Waals surface area contributed by atoms with Crippen LogP contribution in [0.15, 0.2) is 12.2 Å². The molecule has 0 aromatic heterocycles. The Hall–Kier alpha value is -0.110. The van der Waals surface area contributed by atoms with E-state index < -0.39 is 0 Å². The van der Waals surface area contributed by atoms with E-state index in [0.29, 0.717) is 6.42 Å². The van der Waals surface area contributed by atoms with Crippen LogP contribution in [-0.2, 0) is 4.79 Å². The highest BCUT2D eigenvalue weighted by atomic mass is 79.9. The van der Waals surface area contributed by atoms with Gasteiger partial charge in [0.2, 0.25) is 0 Å². The molecule has 142 valence electrons. The summed E-state index contributed by atoms with van der Waals surface area (Å²) in [6, 6.07) is 0. The number of halogens is 1. The van der Waals surface area contributed by atoms with Crippen LogP contribution in [0, 0.1) is 0 Å². The van der Waals surface area contributed by atoms with Crippen LogP contribution in [0.2, 0.25) is 0 Å². The summed E-state index contributed by atoms with van der Waals surface area (Å²) in [7, 11) is 0. The molecule has 0 heterocycles. The first-order chi connectivity index (χ1) is 11.8. The van der Waals surface area contributed by atoms with E-state index in [1.165, 1.54) is 103 Å². The number of hydrogen-bond acceptors (Lipinski definition) is 1. The molecule has 0 bridgehead atoms. The van der Waals surface area contributed by atoms with Crippen molar-refractivity contribution in [2.24, 2.45) is 0 Å². The van der Waals surface area contributed by atoms with E-state index in [4.69, 9.17) is 0 Å². The van der Waals surface area contributed by atoms with Gasteiger partial charge in [-0.3, -0.25) is 4.79 Å². The number of carbonyl (C=O) groups excluding carboxylic acids is 1. The number of hydrogen-bond donors (Lipinski definition) is 0. The lowest BCUT2D eigenvalue weighted by Crippen LogP contribution is -1.86. The third-order valence-corrected chi connectivity index (χ3v) is 5.03. The third-order valence-electron chi connectivity index (χ3n) is 4.64. The van der Waals surface area contributed by atoms with Crippen molar-refractivity contribution in [3.8, 4) is 0 Å². The Morgan fingerprint density at radius 2 is 1.00 bits per heavy atom. The molecule has 0 aliphatic rings. The Bertz CT molecular complexity index is 286. The zero-order valence-electron chi connectivity index (χ0n) is 16.2. The molecule has 0 aliphatic heterocycles. The number of rotatable bonds is 19. The van der Waals surface area contributed by atoms with E-state index in [9.17, 15) is 4.79 Å². The van der Waals surface area contributed by atoms with Crippen LogP contribution in [0.1, 0.15) is 122 Å². The minimum atomic E-state index is 0.156. The van der Waals surface area contributed by atoms with E-state index in [0.717, 1.165) is 6.42 Å². The van der Waals surface area contributed by atoms with Gasteiger partial charge in [0.15, 0.2) is 4.69 Å². The Morgan fingerprint density at radius 3 is 1.42 bits per heavy atom. The molecule has 0 N–H and O–H groups in total. The summed E-state index contributed by atoms with van der Waals surface area (Å²) in [5.74, 6) is 0. The van der Waals surface area contributed by atoms with Gasteiger partial charge in [-0.2, -0.15) is 0 Å². The molecule has 0 radical (unpaired) electrons. The van der Waals surface area contributed by atoms with Crippen LogP contribution >= 0.6 is 15.9 Å². The smallest absolute Gasteiger partial charge is 0.197 e. The van der Waals surface area contributed by atoms with Crippen LogP contribution in [0.25, 0.3) is 0 Å². The van der Waals surface area contributed by atoms with E-state index in [-0.39, 0.29) is 4.69 Å². The van der Waals surface area contributed by atoms with Crippen molar-refractivity contribution in [2.45, 2.75) is 122 Å². The van der Waals surface area contributed by atoms with E-state index in [1.54, 1.807) is 0 Å². The minimum Gasteiger partial charge on any atom is -0.287 e. The van der Waals surface area contributed by atoms with Gasteiger partial charge in [-0.1, -0.05) is 96.1 Å². The molecule has 0 fully saturated rings. The first kappa shape index (κ1) is 23.9. The second-order valence-electron chi connectivity index (χ2n) is 7.10. The number of allylic oxidation sites excluding steroid dienone is 2. The lowest BCUT2D eigenvalue weighted by molar-refractivity contribution is -0.110. The number of unbranched alkanes of at least 4 members (excludes halogenated alkanes) is 15. The van der Waals surface area contributed by atoms with Gasteiger partial charge in [0, 0.05) is 6.42 Å². The fraction of sp³-hybridized carbons (Fsp3) is 0.864. The maximum Gasteiger partial charge on any atom is 0.197 e. The average molecular weight is 401 g/mol. The van der Waals surface area contributed by atoms with Gasteiger partial charge in [-0.05, 0) is 48.0 Å². The molecular weight excluding hydrogens is 360 g/mol. The topological polar surface area (TPSA) is 17.1 Å². The van der Waals surface area contributed by atoms with Crippen molar-refractivity contribution < 1.29 is 4.79 Å². The molecule has 2 heteroatoms. The molecule has 0 spiro atoms. The molecule has 0 aromatic carbocycles. The summed E-state index contributed by atoms with van der Waals surface area (Å²) in [6.07, 6.45) is 28.3. The fourth-order valence-electron chi connectivity index (χ4n) is 3.04. The van der Waals surface area contributed by atoms with Crippen LogP contribution in [0.3, 0.4) is 0 Å². The monoisotopic (exact) mass is 400 g/mol. The van der Waals surface area contributed by atoms with Crippen molar-refractivity contribution in [3.05, 3.63) is 12.2 Å². The summed E-state index contributed by atoms with van der Waals surface area (Å²) >= 11 is 2.98. The summed E-state index contributed by atoms with van der Waals surface area (Å²) in [6.45, 7) is 2.28. The van der Waals surface area contributed by atoms with Crippen molar-refractivity contribution in [1.82, 2.24) is 0 Å². The van der Waals surface area contributed by atoms with Gasteiger partial charge >= 0.3 is 0 Å². The normalized spacial score (nSPS) is 11.4.